The summed E-state index contributed by atoms with van der Waals surface area (Å²) in [6.45, 7) is 5.61. The Morgan fingerprint density at radius 2 is 1.75 bits per heavy atom. The Balaban J connectivity index is 1.96. The normalized spacial score (nSPS) is 11.9. The van der Waals surface area contributed by atoms with Crippen molar-refractivity contribution >= 4 is 39.1 Å². The molecule has 1 N–H and O–H groups in total. The number of amides is 1. The van der Waals surface area contributed by atoms with Gasteiger partial charge in [0.2, 0.25) is 0 Å². The van der Waals surface area contributed by atoms with Gasteiger partial charge in [0.15, 0.2) is 6.10 Å². The van der Waals surface area contributed by atoms with E-state index in [1.807, 2.05) is 26.0 Å². The predicted molar refractivity (Wildman–Crippen MR) is 100 cm³/mol. The summed E-state index contributed by atoms with van der Waals surface area (Å²) >= 11 is 9.26. The van der Waals surface area contributed by atoms with Crippen LogP contribution in [-0.2, 0) is 4.79 Å². The van der Waals surface area contributed by atoms with Crippen LogP contribution >= 0.6 is 27.5 Å². The van der Waals surface area contributed by atoms with Crippen molar-refractivity contribution in [3.8, 4) is 11.5 Å². The van der Waals surface area contributed by atoms with E-state index in [0.29, 0.717) is 20.9 Å². The first-order chi connectivity index (χ1) is 11.3. The summed E-state index contributed by atoms with van der Waals surface area (Å²) in [5.41, 5.74) is 0.682. The monoisotopic (exact) mass is 411 g/mol. The second kappa shape index (κ2) is 8.40. The van der Waals surface area contributed by atoms with Crippen LogP contribution in [0.25, 0.3) is 0 Å². The van der Waals surface area contributed by atoms with Gasteiger partial charge in [-0.15, -0.1) is 0 Å². The van der Waals surface area contributed by atoms with Crippen molar-refractivity contribution in [2.75, 3.05) is 5.32 Å². The maximum absolute atomic E-state index is 12.2. The summed E-state index contributed by atoms with van der Waals surface area (Å²) in [4.78, 5) is 12.2. The topological polar surface area (TPSA) is 47.6 Å². The minimum atomic E-state index is -0.658. The zero-order chi connectivity index (χ0) is 17.7. The molecule has 6 heteroatoms. The molecular formula is C18H19BrClNO3. The van der Waals surface area contributed by atoms with E-state index < -0.39 is 6.10 Å². The van der Waals surface area contributed by atoms with Gasteiger partial charge in [-0.3, -0.25) is 4.79 Å². The van der Waals surface area contributed by atoms with E-state index in [4.69, 9.17) is 21.1 Å². The molecule has 0 bridgehead atoms. The number of anilines is 1. The third-order valence-electron chi connectivity index (χ3n) is 3.06. The lowest BCUT2D eigenvalue weighted by Crippen LogP contribution is -2.30. The fourth-order valence-corrected chi connectivity index (χ4v) is 2.72. The molecule has 24 heavy (non-hydrogen) atoms. The quantitative estimate of drug-likeness (QED) is 0.700. The number of ether oxygens (including phenoxy) is 2. The molecule has 128 valence electrons. The van der Waals surface area contributed by atoms with E-state index in [1.54, 1.807) is 37.3 Å². The van der Waals surface area contributed by atoms with Crippen molar-refractivity contribution in [1.82, 2.24) is 0 Å². The van der Waals surface area contributed by atoms with Gasteiger partial charge in [-0.2, -0.15) is 0 Å². The smallest absolute Gasteiger partial charge is 0.265 e. The molecule has 0 spiro atoms. The van der Waals surface area contributed by atoms with Crippen molar-refractivity contribution in [2.45, 2.75) is 33.0 Å². The molecule has 0 aromatic heterocycles. The first-order valence-corrected chi connectivity index (χ1v) is 8.71. The Bertz CT molecular complexity index is 704. The van der Waals surface area contributed by atoms with Crippen LogP contribution in [0.4, 0.5) is 5.69 Å². The van der Waals surface area contributed by atoms with E-state index in [-0.39, 0.29) is 12.0 Å². The zero-order valence-electron chi connectivity index (χ0n) is 13.7. The third-order valence-corrected chi connectivity index (χ3v) is 3.92. The van der Waals surface area contributed by atoms with E-state index in [2.05, 4.69) is 21.2 Å². The van der Waals surface area contributed by atoms with Gasteiger partial charge in [0, 0.05) is 10.7 Å². The molecule has 4 nitrogen and oxygen atoms in total. The molecule has 0 aliphatic heterocycles. The van der Waals surface area contributed by atoms with Crippen LogP contribution in [0.15, 0.2) is 46.9 Å². The lowest BCUT2D eigenvalue weighted by Gasteiger charge is -2.16. The Morgan fingerprint density at radius 3 is 2.33 bits per heavy atom. The maximum Gasteiger partial charge on any atom is 0.265 e. The van der Waals surface area contributed by atoms with E-state index in [1.165, 1.54) is 0 Å². The molecular weight excluding hydrogens is 394 g/mol. The van der Waals surface area contributed by atoms with E-state index >= 15 is 0 Å². The lowest BCUT2D eigenvalue weighted by atomic mass is 10.2. The molecule has 0 aliphatic carbocycles. The van der Waals surface area contributed by atoms with Gasteiger partial charge in [-0.1, -0.05) is 11.6 Å². The van der Waals surface area contributed by atoms with E-state index in [0.717, 1.165) is 5.75 Å². The third kappa shape index (κ3) is 5.42. The van der Waals surface area contributed by atoms with Crippen LogP contribution in [0.2, 0.25) is 5.02 Å². The van der Waals surface area contributed by atoms with Crippen molar-refractivity contribution < 1.29 is 14.3 Å². The molecule has 0 heterocycles. The van der Waals surface area contributed by atoms with Crippen LogP contribution in [0.5, 0.6) is 11.5 Å². The van der Waals surface area contributed by atoms with Gasteiger partial charge in [-0.05, 0) is 79.2 Å². The molecule has 0 aliphatic rings. The maximum atomic E-state index is 12.2. The standard InChI is InChI=1S/C18H19BrClNO3/c1-11(2)23-15-7-5-14(6-8-15)21-18(22)12(3)24-17-9-4-13(20)10-16(17)19/h4-12H,1-3H3,(H,21,22). The molecule has 0 saturated carbocycles. The molecule has 2 aromatic rings. The summed E-state index contributed by atoms with van der Waals surface area (Å²) in [5, 5.41) is 3.41. The molecule has 0 radical (unpaired) electrons. The van der Waals surface area contributed by atoms with Gasteiger partial charge >= 0.3 is 0 Å². The van der Waals surface area contributed by atoms with Gasteiger partial charge in [0.05, 0.1) is 10.6 Å². The first-order valence-electron chi connectivity index (χ1n) is 7.54. The lowest BCUT2D eigenvalue weighted by molar-refractivity contribution is -0.122. The summed E-state index contributed by atoms with van der Waals surface area (Å²) < 4.78 is 11.9. The molecule has 1 atom stereocenters. The number of carbonyl (C=O) groups excluding carboxylic acids is 1. The second-order valence-corrected chi connectivity index (χ2v) is 6.81. The Kier molecular flexibility index (Phi) is 6.52. The highest BCUT2D eigenvalue weighted by atomic mass is 79.9. The molecule has 1 amide bonds. The van der Waals surface area contributed by atoms with Crippen molar-refractivity contribution in [1.29, 1.82) is 0 Å². The van der Waals surface area contributed by atoms with Crippen molar-refractivity contribution in [3.63, 3.8) is 0 Å². The van der Waals surface area contributed by atoms with Crippen molar-refractivity contribution in [2.24, 2.45) is 0 Å². The number of halogens is 2. The number of hydrogen-bond acceptors (Lipinski definition) is 3. The highest BCUT2D eigenvalue weighted by Crippen LogP contribution is 2.29. The first kappa shape index (κ1) is 18.6. The minimum absolute atomic E-state index is 0.108. The molecule has 1 unspecified atom stereocenters. The Labute approximate surface area is 155 Å². The highest BCUT2D eigenvalue weighted by molar-refractivity contribution is 9.10. The number of rotatable bonds is 6. The number of hydrogen-bond donors (Lipinski definition) is 1. The van der Waals surface area contributed by atoms with Crippen LogP contribution in [0.1, 0.15) is 20.8 Å². The number of nitrogens with one attached hydrogen (secondary N) is 1. The van der Waals surface area contributed by atoms with Crippen molar-refractivity contribution in [3.05, 3.63) is 52.0 Å². The number of carbonyl (C=O) groups is 1. The largest absolute Gasteiger partial charge is 0.491 e. The Morgan fingerprint density at radius 1 is 1.08 bits per heavy atom. The number of benzene rings is 2. The van der Waals surface area contributed by atoms with Crippen LogP contribution < -0.4 is 14.8 Å². The average molecular weight is 413 g/mol. The minimum Gasteiger partial charge on any atom is -0.491 e. The summed E-state index contributed by atoms with van der Waals surface area (Å²) in [7, 11) is 0. The van der Waals surface area contributed by atoms with Crippen LogP contribution in [-0.4, -0.2) is 18.1 Å². The van der Waals surface area contributed by atoms with Gasteiger partial charge in [0.25, 0.3) is 5.91 Å². The molecule has 2 aromatic carbocycles. The fraction of sp³-hybridized carbons (Fsp3) is 0.278. The predicted octanol–water partition coefficient (Wildman–Crippen LogP) is 5.30. The van der Waals surface area contributed by atoms with Gasteiger partial charge < -0.3 is 14.8 Å². The molecule has 2 rings (SSSR count). The average Bonchev–Trinajstić information content (AvgIpc) is 2.51. The van der Waals surface area contributed by atoms with Gasteiger partial charge in [-0.25, -0.2) is 0 Å². The highest BCUT2D eigenvalue weighted by Gasteiger charge is 2.16. The summed E-state index contributed by atoms with van der Waals surface area (Å²) in [5.74, 6) is 1.08. The second-order valence-electron chi connectivity index (χ2n) is 5.52. The summed E-state index contributed by atoms with van der Waals surface area (Å²) in [6.07, 6.45) is -0.550. The zero-order valence-corrected chi connectivity index (χ0v) is 16.0. The molecule has 0 saturated heterocycles. The van der Waals surface area contributed by atoms with Crippen LogP contribution in [0.3, 0.4) is 0 Å². The Hall–Kier alpha value is -1.72. The molecule has 0 fully saturated rings. The fourth-order valence-electron chi connectivity index (χ4n) is 1.95. The van der Waals surface area contributed by atoms with Gasteiger partial charge in [0.1, 0.15) is 11.5 Å². The summed E-state index contributed by atoms with van der Waals surface area (Å²) in [6, 6.07) is 12.4. The van der Waals surface area contributed by atoms with Crippen LogP contribution in [0, 0.1) is 0 Å². The van der Waals surface area contributed by atoms with E-state index in [9.17, 15) is 4.79 Å². The SMILES string of the molecule is CC(C)Oc1ccc(NC(=O)C(C)Oc2ccc(Cl)cc2Br)cc1.